The van der Waals surface area contributed by atoms with Crippen LogP contribution in [0.15, 0.2) is 42.5 Å². The van der Waals surface area contributed by atoms with Crippen LogP contribution in [-0.4, -0.2) is 18.5 Å². The third kappa shape index (κ3) is 5.48. The third-order valence-corrected chi connectivity index (χ3v) is 4.07. The number of benzene rings is 2. The fourth-order valence-electron chi connectivity index (χ4n) is 2.10. The number of ether oxygens (including phenoxy) is 2. The molecule has 0 fully saturated rings. The summed E-state index contributed by atoms with van der Waals surface area (Å²) in [6.07, 6.45) is 1.68. The second-order valence-corrected chi connectivity index (χ2v) is 6.19. The predicted octanol–water partition coefficient (Wildman–Crippen LogP) is 5.31. The molecule has 0 bridgehead atoms. The van der Waals surface area contributed by atoms with Crippen LogP contribution in [-0.2, 0) is 16.1 Å². The van der Waals surface area contributed by atoms with Gasteiger partial charge in [0.1, 0.15) is 6.61 Å². The molecule has 2 aromatic rings. The molecule has 0 saturated carbocycles. The number of hydrogen-bond donors (Lipinski definition) is 0. The van der Waals surface area contributed by atoms with Gasteiger partial charge in [0.25, 0.3) is 0 Å². The highest BCUT2D eigenvalue weighted by Gasteiger charge is 2.19. The average molecular weight is 381 g/mol. The van der Waals surface area contributed by atoms with Gasteiger partial charge in [0.05, 0.1) is 17.7 Å². The van der Waals surface area contributed by atoms with E-state index in [0.29, 0.717) is 22.2 Å². The van der Waals surface area contributed by atoms with Gasteiger partial charge in [-0.25, -0.2) is 9.59 Å². The SMILES string of the molecule is CCCCOC(=O)c1ccccc1C(=O)OCc1cc(Cl)ccc1Cl. The Hall–Kier alpha value is -2.04. The number of unbranched alkanes of at least 4 members (excludes halogenated alkanes) is 1. The molecule has 0 N–H and O–H groups in total. The van der Waals surface area contributed by atoms with Crippen molar-refractivity contribution in [2.24, 2.45) is 0 Å². The van der Waals surface area contributed by atoms with E-state index in [1.54, 1.807) is 30.3 Å². The van der Waals surface area contributed by atoms with Crippen molar-refractivity contribution in [3.8, 4) is 0 Å². The smallest absolute Gasteiger partial charge is 0.339 e. The Balaban J connectivity index is 2.09. The van der Waals surface area contributed by atoms with E-state index >= 15 is 0 Å². The topological polar surface area (TPSA) is 52.6 Å². The van der Waals surface area contributed by atoms with Crippen molar-refractivity contribution in [1.29, 1.82) is 0 Å². The van der Waals surface area contributed by atoms with E-state index in [-0.39, 0.29) is 17.7 Å². The van der Waals surface area contributed by atoms with Crippen LogP contribution in [0.4, 0.5) is 0 Å². The number of rotatable bonds is 7. The highest BCUT2D eigenvalue weighted by Crippen LogP contribution is 2.22. The van der Waals surface area contributed by atoms with Gasteiger partial charge in [0, 0.05) is 15.6 Å². The molecule has 0 radical (unpaired) electrons. The molecule has 0 aliphatic carbocycles. The Morgan fingerprint density at radius 3 is 2.24 bits per heavy atom. The Morgan fingerprint density at radius 2 is 1.60 bits per heavy atom. The van der Waals surface area contributed by atoms with Crippen molar-refractivity contribution in [3.63, 3.8) is 0 Å². The zero-order valence-electron chi connectivity index (χ0n) is 13.8. The summed E-state index contributed by atoms with van der Waals surface area (Å²) < 4.78 is 10.4. The minimum Gasteiger partial charge on any atom is -0.462 e. The molecule has 2 rings (SSSR count). The van der Waals surface area contributed by atoms with Crippen molar-refractivity contribution in [1.82, 2.24) is 0 Å². The summed E-state index contributed by atoms with van der Waals surface area (Å²) in [6, 6.07) is 11.3. The lowest BCUT2D eigenvalue weighted by molar-refractivity contribution is 0.0437. The maximum absolute atomic E-state index is 12.4. The van der Waals surface area contributed by atoms with Crippen LogP contribution in [0, 0.1) is 0 Å². The molecule has 25 heavy (non-hydrogen) atoms. The van der Waals surface area contributed by atoms with Crippen LogP contribution in [0.2, 0.25) is 10.0 Å². The summed E-state index contributed by atoms with van der Waals surface area (Å²) in [5.41, 5.74) is 0.925. The Labute approximate surface area is 156 Å². The van der Waals surface area contributed by atoms with Gasteiger partial charge >= 0.3 is 11.9 Å². The minimum absolute atomic E-state index is 0.0442. The number of halogens is 2. The van der Waals surface area contributed by atoms with E-state index in [2.05, 4.69) is 0 Å². The highest BCUT2D eigenvalue weighted by atomic mass is 35.5. The van der Waals surface area contributed by atoms with Gasteiger partial charge < -0.3 is 9.47 Å². The summed E-state index contributed by atoms with van der Waals surface area (Å²) in [5, 5.41) is 0.944. The molecule has 0 amide bonds. The molecule has 6 heteroatoms. The molecule has 0 heterocycles. The lowest BCUT2D eigenvalue weighted by atomic mass is 10.1. The second-order valence-electron chi connectivity index (χ2n) is 5.35. The molecule has 4 nitrogen and oxygen atoms in total. The second kappa shape index (κ2) is 9.44. The fraction of sp³-hybridized carbons (Fsp3) is 0.263. The number of hydrogen-bond acceptors (Lipinski definition) is 4. The van der Waals surface area contributed by atoms with Gasteiger partial charge in [-0.1, -0.05) is 48.7 Å². The van der Waals surface area contributed by atoms with Crippen molar-refractivity contribution in [2.45, 2.75) is 26.4 Å². The lowest BCUT2D eigenvalue weighted by Crippen LogP contribution is -2.14. The first kappa shape index (κ1) is 19.3. The summed E-state index contributed by atoms with van der Waals surface area (Å²) >= 11 is 12.0. The van der Waals surface area contributed by atoms with Crippen LogP contribution in [0.1, 0.15) is 46.0 Å². The van der Waals surface area contributed by atoms with E-state index in [1.807, 2.05) is 6.92 Å². The van der Waals surface area contributed by atoms with Gasteiger partial charge in [0.15, 0.2) is 0 Å². The molecule has 0 aliphatic heterocycles. The van der Waals surface area contributed by atoms with E-state index in [4.69, 9.17) is 32.7 Å². The molecule has 0 aliphatic rings. The molecular formula is C19H18Cl2O4. The van der Waals surface area contributed by atoms with Gasteiger partial charge in [0.2, 0.25) is 0 Å². The predicted molar refractivity (Wildman–Crippen MR) is 97.2 cm³/mol. The molecule has 0 spiro atoms. The van der Waals surface area contributed by atoms with Crippen LogP contribution < -0.4 is 0 Å². The lowest BCUT2D eigenvalue weighted by Gasteiger charge is -2.10. The highest BCUT2D eigenvalue weighted by molar-refractivity contribution is 6.33. The summed E-state index contributed by atoms with van der Waals surface area (Å²) in [5.74, 6) is -1.17. The normalized spacial score (nSPS) is 10.4. The van der Waals surface area contributed by atoms with E-state index in [1.165, 1.54) is 12.1 Å². The first-order valence-electron chi connectivity index (χ1n) is 7.90. The molecule has 0 unspecified atom stereocenters. The molecule has 0 aromatic heterocycles. The minimum atomic E-state index is -0.626. The molecular weight excluding hydrogens is 363 g/mol. The monoisotopic (exact) mass is 380 g/mol. The maximum atomic E-state index is 12.4. The van der Waals surface area contributed by atoms with E-state index < -0.39 is 11.9 Å². The standard InChI is InChI=1S/C19H18Cl2O4/c1-2-3-10-24-18(22)15-6-4-5-7-16(15)19(23)25-12-13-11-14(20)8-9-17(13)21/h4-9,11H,2-3,10,12H2,1H3. The van der Waals surface area contributed by atoms with Crippen LogP contribution >= 0.6 is 23.2 Å². The molecule has 132 valence electrons. The first-order chi connectivity index (χ1) is 12.0. The van der Waals surface area contributed by atoms with Crippen molar-refractivity contribution in [2.75, 3.05) is 6.61 Å². The molecule has 0 saturated heterocycles. The number of esters is 2. The summed E-state index contributed by atoms with van der Waals surface area (Å²) in [6.45, 7) is 2.27. The number of carbonyl (C=O) groups is 2. The van der Waals surface area contributed by atoms with Crippen LogP contribution in [0.3, 0.4) is 0 Å². The van der Waals surface area contributed by atoms with E-state index in [9.17, 15) is 9.59 Å². The quantitative estimate of drug-likeness (QED) is 0.482. The van der Waals surface area contributed by atoms with E-state index in [0.717, 1.165) is 12.8 Å². The van der Waals surface area contributed by atoms with Gasteiger partial charge in [-0.3, -0.25) is 0 Å². The van der Waals surface area contributed by atoms with Gasteiger partial charge in [-0.05, 0) is 36.8 Å². The third-order valence-electron chi connectivity index (χ3n) is 3.46. The molecule has 0 atom stereocenters. The average Bonchev–Trinajstić information content (AvgIpc) is 2.62. The zero-order valence-corrected chi connectivity index (χ0v) is 15.3. The zero-order chi connectivity index (χ0) is 18.2. The first-order valence-corrected chi connectivity index (χ1v) is 8.65. The van der Waals surface area contributed by atoms with Crippen molar-refractivity contribution < 1.29 is 19.1 Å². The largest absolute Gasteiger partial charge is 0.462 e. The fourth-order valence-corrected chi connectivity index (χ4v) is 2.47. The Morgan fingerprint density at radius 1 is 0.960 bits per heavy atom. The van der Waals surface area contributed by atoms with Gasteiger partial charge in [-0.15, -0.1) is 0 Å². The molecule has 2 aromatic carbocycles. The maximum Gasteiger partial charge on any atom is 0.339 e. The van der Waals surface area contributed by atoms with Crippen LogP contribution in [0.25, 0.3) is 0 Å². The van der Waals surface area contributed by atoms with Gasteiger partial charge in [-0.2, -0.15) is 0 Å². The Bertz CT molecular complexity index is 759. The summed E-state index contributed by atoms with van der Waals surface area (Å²) in [4.78, 5) is 24.5. The Kier molecular flexibility index (Phi) is 7.29. The van der Waals surface area contributed by atoms with Crippen molar-refractivity contribution in [3.05, 3.63) is 69.2 Å². The van der Waals surface area contributed by atoms with Crippen LogP contribution in [0.5, 0.6) is 0 Å². The number of carbonyl (C=O) groups excluding carboxylic acids is 2. The van der Waals surface area contributed by atoms with Crippen molar-refractivity contribution >= 4 is 35.1 Å². The summed E-state index contributed by atoms with van der Waals surface area (Å²) in [7, 11) is 0.